The third-order valence-electron chi connectivity index (χ3n) is 2.98. The van der Waals surface area contributed by atoms with E-state index in [1.54, 1.807) is 16.9 Å². The first-order valence-corrected chi connectivity index (χ1v) is 6.73. The quantitative estimate of drug-likeness (QED) is 0.891. The summed E-state index contributed by atoms with van der Waals surface area (Å²) in [5, 5.41) is 4.21. The van der Waals surface area contributed by atoms with Crippen molar-refractivity contribution in [2.45, 2.75) is 26.3 Å². The van der Waals surface area contributed by atoms with Gasteiger partial charge in [-0.25, -0.2) is 8.78 Å². The second kappa shape index (κ2) is 6.22. The van der Waals surface area contributed by atoms with Gasteiger partial charge in [-0.3, -0.25) is 4.68 Å². The van der Waals surface area contributed by atoms with Crippen molar-refractivity contribution in [3.8, 4) is 16.9 Å². The van der Waals surface area contributed by atoms with Crippen molar-refractivity contribution < 1.29 is 13.5 Å². The van der Waals surface area contributed by atoms with Gasteiger partial charge in [0.25, 0.3) is 5.92 Å². The second-order valence-electron chi connectivity index (χ2n) is 5.12. The molecular formula is C15H19F2N3O. The maximum absolute atomic E-state index is 12.8. The Morgan fingerprint density at radius 3 is 2.71 bits per heavy atom. The minimum atomic E-state index is -2.84. The molecule has 1 heterocycles. The van der Waals surface area contributed by atoms with Crippen LogP contribution in [-0.4, -0.2) is 28.9 Å². The zero-order chi connectivity index (χ0) is 15.5. The van der Waals surface area contributed by atoms with Gasteiger partial charge in [-0.15, -0.1) is 0 Å². The summed E-state index contributed by atoms with van der Waals surface area (Å²) in [4.78, 5) is 0. The molecule has 0 aliphatic heterocycles. The van der Waals surface area contributed by atoms with Crippen LogP contribution in [0.15, 0.2) is 30.6 Å². The molecule has 6 heteroatoms. The SMILES string of the molecule is Cc1cc(-c2cnn(CCN)c2)ccc1OCC(C)(F)F. The van der Waals surface area contributed by atoms with Crippen LogP contribution >= 0.6 is 0 Å². The lowest BCUT2D eigenvalue weighted by molar-refractivity contribution is -0.0231. The Balaban J connectivity index is 2.14. The summed E-state index contributed by atoms with van der Waals surface area (Å²) in [7, 11) is 0. The van der Waals surface area contributed by atoms with E-state index in [4.69, 9.17) is 10.5 Å². The predicted octanol–water partition coefficient (Wildman–Crippen LogP) is 2.85. The number of ether oxygens (including phenoxy) is 1. The first kappa shape index (κ1) is 15.4. The molecule has 0 radical (unpaired) electrons. The highest BCUT2D eigenvalue weighted by Gasteiger charge is 2.22. The van der Waals surface area contributed by atoms with Crippen molar-refractivity contribution in [3.63, 3.8) is 0 Å². The molecule has 0 saturated heterocycles. The maximum atomic E-state index is 12.8. The summed E-state index contributed by atoms with van der Waals surface area (Å²) in [6, 6.07) is 5.43. The Morgan fingerprint density at radius 2 is 2.10 bits per heavy atom. The number of rotatable bonds is 6. The molecular weight excluding hydrogens is 276 g/mol. The van der Waals surface area contributed by atoms with Crippen molar-refractivity contribution >= 4 is 0 Å². The number of halogens is 2. The number of aromatic nitrogens is 2. The van der Waals surface area contributed by atoms with Gasteiger partial charge in [0, 0.05) is 25.2 Å². The third-order valence-corrected chi connectivity index (χ3v) is 2.98. The first-order valence-electron chi connectivity index (χ1n) is 6.73. The monoisotopic (exact) mass is 295 g/mol. The van der Waals surface area contributed by atoms with E-state index in [-0.39, 0.29) is 0 Å². The Hall–Kier alpha value is -1.95. The summed E-state index contributed by atoms with van der Waals surface area (Å²) < 4.78 is 32.5. The Kier molecular flexibility index (Phi) is 4.57. The second-order valence-corrected chi connectivity index (χ2v) is 5.12. The predicted molar refractivity (Wildman–Crippen MR) is 77.6 cm³/mol. The number of aryl methyl sites for hydroxylation is 1. The van der Waals surface area contributed by atoms with Gasteiger partial charge in [-0.2, -0.15) is 5.10 Å². The van der Waals surface area contributed by atoms with Crippen molar-refractivity contribution in [1.29, 1.82) is 0 Å². The van der Waals surface area contributed by atoms with Crippen LogP contribution in [0.3, 0.4) is 0 Å². The molecule has 0 bridgehead atoms. The maximum Gasteiger partial charge on any atom is 0.278 e. The number of alkyl halides is 2. The average molecular weight is 295 g/mol. The third kappa shape index (κ3) is 4.26. The van der Waals surface area contributed by atoms with E-state index in [0.29, 0.717) is 18.8 Å². The van der Waals surface area contributed by atoms with Crippen LogP contribution < -0.4 is 10.5 Å². The molecule has 114 valence electrons. The van der Waals surface area contributed by atoms with Crippen molar-refractivity contribution in [1.82, 2.24) is 9.78 Å². The number of hydrogen-bond donors (Lipinski definition) is 1. The molecule has 0 unspecified atom stereocenters. The van der Waals surface area contributed by atoms with Gasteiger partial charge in [0.2, 0.25) is 0 Å². The fourth-order valence-corrected chi connectivity index (χ4v) is 1.96. The molecule has 0 saturated carbocycles. The van der Waals surface area contributed by atoms with Gasteiger partial charge in [0.05, 0.1) is 12.7 Å². The van der Waals surface area contributed by atoms with E-state index in [2.05, 4.69) is 5.10 Å². The molecule has 2 aromatic rings. The van der Waals surface area contributed by atoms with Crippen LogP contribution in [0.4, 0.5) is 8.78 Å². The smallest absolute Gasteiger partial charge is 0.278 e. The molecule has 0 atom stereocenters. The molecule has 0 aliphatic rings. The molecule has 2 N–H and O–H groups in total. The fraction of sp³-hybridized carbons (Fsp3) is 0.400. The van der Waals surface area contributed by atoms with Crippen molar-refractivity contribution in [2.24, 2.45) is 5.73 Å². The summed E-state index contributed by atoms with van der Waals surface area (Å²) >= 11 is 0. The highest BCUT2D eigenvalue weighted by atomic mass is 19.3. The highest BCUT2D eigenvalue weighted by Crippen LogP contribution is 2.27. The van der Waals surface area contributed by atoms with E-state index in [1.165, 1.54) is 0 Å². The van der Waals surface area contributed by atoms with Crippen molar-refractivity contribution in [2.75, 3.05) is 13.2 Å². The van der Waals surface area contributed by atoms with Crippen LogP contribution in [0.5, 0.6) is 5.75 Å². The molecule has 1 aromatic heterocycles. The summed E-state index contributed by atoms with van der Waals surface area (Å²) in [6.07, 6.45) is 3.66. The number of hydrogen-bond acceptors (Lipinski definition) is 3. The van der Waals surface area contributed by atoms with Gasteiger partial charge in [0.1, 0.15) is 5.75 Å². The standard InChI is InChI=1S/C15H19F2N3O/c1-11-7-12(13-8-19-20(9-13)6-5-18)3-4-14(11)21-10-15(2,16)17/h3-4,7-9H,5-6,10,18H2,1-2H3. The highest BCUT2D eigenvalue weighted by molar-refractivity contribution is 5.64. The number of benzene rings is 1. The zero-order valence-corrected chi connectivity index (χ0v) is 12.1. The van der Waals surface area contributed by atoms with E-state index in [9.17, 15) is 8.78 Å². The van der Waals surface area contributed by atoms with Gasteiger partial charge >= 0.3 is 0 Å². The first-order chi connectivity index (χ1) is 9.89. The molecule has 0 fully saturated rings. The van der Waals surface area contributed by atoms with Gasteiger partial charge in [-0.05, 0) is 30.2 Å². The van der Waals surface area contributed by atoms with Crippen molar-refractivity contribution in [3.05, 3.63) is 36.2 Å². The van der Waals surface area contributed by atoms with E-state index in [1.807, 2.05) is 25.3 Å². The molecule has 2 rings (SSSR count). The molecule has 4 nitrogen and oxygen atoms in total. The summed E-state index contributed by atoms with van der Waals surface area (Å²) in [6.45, 7) is 3.23. The van der Waals surface area contributed by atoms with Gasteiger partial charge < -0.3 is 10.5 Å². The zero-order valence-electron chi connectivity index (χ0n) is 12.1. The molecule has 21 heavy (non-hydrogen) atoms. The van der Waals surface area contributed by atoms with Crippen LogP contribution in [0, 0.1) is 6.92 Å². The van der Waals surface area contributed by atoms with Gasteiger partial charge in [0.15, 0.2) is 6.61 Å². The molecule has 1 aromatic carbocycles. The summed E-state index contributed by atoms with van der Waals surface area (Å²) in [5.74, 6) is -2.37. The van der Waals surface area contributed by atoms with Crippen LogP contribution in [0.1, 0.15) is 12.5 Å². The summed E-state index contributed by atoms with van der Waals surface area (Å²) in [5.41, 5.74) is 8.21. The molecule has 0 aliphatic carbocycles. The van der Waals surface area contributed by atoms with Crippen LogP contribution in [0.2, 0.25) is 0 Å². The minimum Gasteiger partial charge on any atom is -0.487 e. The van der Waals surface area contributed by atoms with Gasteiger partial charge in [-0.1, -0.05) is 6.07 Å². The lowest BCUT2D eigenvalue weighted by atomic mass is 10.1. The Bertz CT molecular complexity index is 605. The van der Waals surface area contributed by atoms with E-state index in [0.717, 1.165) is 23.6 Å². The topological polar surface area (TPSA) is 53.1 Å². The lowest BCUT2D eigenvalue weighted by Gasteiger charge is -2.14. The lowest BCUT2D eigenvalue weighted by Crippen LogP contribution is -2.21. The van der Waals surface area contributed by atoms with E-state index >= 15 is 0 Å². The minimum absolute atomic E-state index is 0.467. The Morgan fingerprint density at radius 1 is 1.33 bits per heavy atom. The largest absolute Gasteiger partial charge is 0.487 e. The normalized spacial score (nSPS) is 11.7. The van der Waals surface area contributed by atoms with E-state index < -0.39 is 12.5 Å². The van der Waals surface area contributed by atoms with Crippen LogP contribution in [0.25, 0.3) is 11.1 Å². The number of nitrogens with zero attached hydrogens (tertiary/aromatic N) is 2. The molecule has 0 spiro atoms. The number of nitrogens with two attached hydrogens (primary N) is 1. The van der Waals surface area contributed by atoms with Crippen LogP contribution in [-0.2, 0) is 6.54 Å². The fourth-order valence-electron chi connectivity index (χ4n) is 1.96. The average Bonchev–Trinajstić information content (AvgIpc) is 2.85. The Labute approximate surface area is 122 Å². The molecule has 0 amide bonds.